The standard InChI is InChI=1S/C27H22ClN7O2/c1-2-3-22(36)35-19-12-17(19)13-20(35)26-33-23(24-25(29)31-10-11-34(24)26)15-4-6-16(7-5-15)27(37)32-21-14-18(28)8-9-30-21/h4-11,14,17,19-20H,12-13H2,1H3,(H2,29,31)(H,30,32,37). The van der Waals surface area contributed by atoms with E-state index in [1.807, 2.05) is 27.6 Å². The fourth-order valence-corrected chi connectivity index (χ4v) is 5.27. The number of fused-ring (bicyclic) bond motifs is 2. The van der Waals surface area contributed by atoms with Crippen molar-refractivity contribution in [1.82, 2.24) is 24.3 Å². The number of nitrogens with one attached hydrogen (secondary N) is 1. The number of carbonyl (C=O) groups is 2. The number of hydrogen-bond acceptors (Lipinski definition) is 6. The molecule has 3 atom stereocenters. The fourth-order valence-electron chi connectivity index (χ4n) is 5.12. The summed E-state index contributed by atoms with van der Waals surface area (Å²) >= 11 is 5.98. The van der Waals surface area contributed by atoms with Crippen molar-refractivity contribution in [2.45, 2.75) is 31.8 Å². The molecule has 6 rings (SSSR count). The smallest absolute Gasteiger partial charge is 0.299 e. The SMILES string of the molecule is CC#CC(=O)N1C(c2nc(-c3ccc(C(=O)Nc4cc(Cl)ccn4)cc3)c3c(N)nccn23)CC2CC21. The largest absolute Gasteiger partial charge is 0.382 e. The van der Waals surface area contributed by atoms with Crippen molar-refractivity contribution in [3.8, 4) is 23.1 Å². The molecule has 3 unspecified atom stereocenters. The third-order valence-corrected chi connectivity index (χ3v) is 7.10. The van der Waals surface area contributed by atoms with Gasteiger partial charge in [0.1, 0.15) is 28.7 Å². The van der Waals surface area contributed by atoms with Crippen molar-refractivity contribution >= 4 is 40.6 Å². The maximum Gasteiger partial charge on any atom is 0.299 e. The number of benzene rings is 1. The zero-order chi connectivity index (χ0) is 25.7. The molecule has 4 heterocycles. The lowest BCUT2D eigenvalue weighted by Gasteiger charge is -2.24. The molecule has 1 saturated heterocycles. The molecular weight excluding hydrogens is 490 g/mol. The highest BCUT2D eigenvalue weighted by Crippen LogP contribution is 2.53. The van der Waals surface area contributed by atoms with Crippen LogP contribution in [0.15, 0.2) is 55.0 Å². The first-order valence-corrected chi connectivity index (χ1v) is 12.2. The van der Waals surface area contributed by atoms with Gasteiger partial charge < -0.3 is 16.0 Å². The van der Waals surface area contributed by atoms with Crippen LogP contribution in [0, 0.1) is 17.8 Å². The summed E-state index contributed by atoms with van der Waals surface area (Å²) < 4.78 is 1.91. The summed E-state index contributed by atoms with van der Waals surface area (Å²) in [7, 11) is 0. The number of aromatic nitrogens is 4. The molecule has 184 valence electrons. The van der Waals surface area contributed by atoms with Crippen LogP contribution in [0.4, 0.5) is 11.6 Å². The molecule has 1 aromatic carbocycles. The molecule has 1 aliphatic carbocycles. The summed E-state index contributed by atoms with van der Waals surface area (Å²) in [5.41, 5.74) is 8.82. The van der Waals surface area contributed by atoms with E-state index in [2.05, 4.69) is 27.1 Å². The number of nitrogens with zero attached hydrogens (tertiary/aromatic N) is 5. The van der Waals surface area contributed by atoms with E-state index in [1.165, 1.54) is 6.20 Å². The first-order valence-electron chi connectivity index (χ1n) is 11.9. The molecule has 4 aromatic rings. The number of imidazole rings is 1. The van der Waals surface area contributed by atoms with Gasteiger partial charge in [0, 0.05) is 40.8 Å². The summed E-state index contributed by atoms with van der Waals surface area (Å²) in [6, 6.07) is 10.3. The van der Waals surface area contributed by atoms with Gasteiger partial charge in [-0.05, 0) is 55.9 Å². The molecule has 9 nitrogen and oxygen atoms in total. The highest BCUT2D eigenvalue weighted by Gasteiger charge is 2.55. The number of amides is 2. The number of nitrogen functional groups attached to an aromatic ring is 1. The van der Waals surface area contributed by atoms with Gasteiger partial charge in [0.2, 0.25) is 0 Å². The molecule has 2 aliphatic rings. The second-order valence-electron chi connectivity index (χ2n) is 9.14. The third kappa shape index (κ3) is 4.05. The van der Waals surface area contributed by atoms with Gasteiger partial charge in [-0.15, -0.1) is 0 Å². The maximum absolute atomic E-state index is 12.8. The zero-order valence-corrected chi connectivity index (χ0v) is 20.6. The molecular formula is C27H22ClN7O2. The van der Waals surface area contributed by atoms with Crippen molar-refractivity contribution in [1.29, 1.82) is 0 Å². The Labute approximate surface area is 217 Å². The molecule has 0 bridgehead atoms. The zero-order valence-electron chi connectivity index (χ0n) is 19.9. The molecule has 0 radical (unpaired) electrons. The Kier molecular flexibility index (Phi) is 5.54. The number of likely N-dealkylation sites (tertiary alicyclic amines) is 1. The quantitative estimate of drug-likeness (QED) is 0.400. The summed E-state index contributed by atoms with van der Waals surface area (Å²) in [6.07, 6.45) is 6.80. The minimum Gasteiger partial charge on any atom is -0.382 e. The third-order valence-electron chi connectivity index (χ3n) is 6.86. The van der Waals surface area contributed by atoms with Gasteiger partial charge in [-0.25, -0.2) is 15.0 Å². The predicted octanol–water partition coefficient (Wildman–Crippen LogP) is 3.96. The molecule has 3 N–H and O–H groups in total. The molecule has 1 aliphatic heterocycles. The average Bonchev–Trinajstić information content (AvgIpc) is 3.37. The van der Waals surface area contributed by atoms with Crippen LogP contribution in [0.5, 0.6) is 0 Å². The molecule has 10 heteroatoms. The van der Waals surface area contributed by atoms with Gasteiger partial charge in [-0.3, -0.25) is 14.0 Å². The summed E-state index contributed by atoms with van der Waals surface area (Å²) in [5, 5.41) is 3.22. The lowest BCUT2D eigenvalue weighted by Crippen LogP contribution is -2.33. The van der Waals surface area contributed by atoms with Crippen molar-refractivity contribution < 1.29 is 9.59 Å². The van der Waals surface area contributed by atoms with Crippen molar-refractivity contribution in [3.05, 3.63) is 71.4 Å². The van der Waals surface area contributed by atoms with Gasteiger partial charge in [0.15, 0.2) is 0 Å². The lowest BCUT2D eigenvalue weighted by molar-refractivity contribution is -0.127. The number of pyridine rings is 1. The second kappa shape index (κ2) is 8.91. The minimum atomic E-state index is -0.311. The Bertz CT molecular complexity index is 1620. The maximum atomic E-state index is 12.8. The van der Waals surface area contributed by atoms with Gasteiger partial charge in [0.05, 0.1) is 6.04 Å². The number of carbonyl (C=O) groups excluding carboxylic acids is 2. The molecule has 2 fully saturated rings. The van der Waals surface area contributed by atoms with Crippen LogP contribution < -0.4 is 11.1 Å². The van der Waals surface area contributed by atoms with E-state index in [0.29, 0.717) is 39.4 Å². The summed E-state index contributed by atoms with van der Waals surface area (Å²) in [4.78, 5) is 40.8. The Morgan fingerprint density at radius 3 is 2.70 bits per heavy atom. The van der Waals surface area contributed by atoms with Gasteiger partial charge >= 0.3 is 0 Å². The van der Waals surface area contributed by atoms with E-state index >= 15 is 0 Å². The van der Waals surface area contributed by atoms with Gasteiger partial charge in [0.25, 0.3) is 11.8 Å². The van der Waals surface area contributed by atoms with E-state index in [1.54, 1.807) is 37.4 Å². The van der Waals surface area contributed by atoms with Crippen LogP contribution in [0.1, 0.15) is 42.0 Å². The number of nitrogens with two attached hydrogens (primary N) is 1. The minimum absolute atomic E-state index is 0.178. The van der Waals surface area contributed by atoms with E-state index < -0.39 is 0 Å². The van der Waals surface area contributed by atoms with Crippen molar-refractivity contribution in [2.24, 2.45) is 5.92 Å². The van der Waals surface area contributed by atoms with E-state index in [9.17, 15) is 9.59 Å². The predicted molar refractivity (Wildman–Crippen MR) is 140 cm³/mol. The molecule has 2 amide bonds. The second-order valence-corrected chi connectivity index (χ2v) is 9.58. The van der Waals surface area contributed by atoms with Gasteiger partial charge in [-0.2, -0.15) is 0 Å². The van der Waals surface area contributed by atoms with Crippen LogP contribution in [0.3, 0.4) is 0 Å². The number of piperidine rings is 1. The molecule has 3 aromatic heterocycles. The molecule has 1 saturated carbocycles. The van der Waals surface area contributed by atoms with E-state index in [-0.39, 0.29) is 23.9 Å². The van der Waals surface area contributed by atoms with Crippen LogP contribution in [0.25, 0.3) is 16.8 Å². The first kappa shape index (κ1) is 23.0. The Morgan fingerprint density at radius 1 is 1.14 bits per heavy atom. The summed E-state index contributed by atoms with van der Waals surface area (Å²) in [5.74, 6) is 6.82. The van der Waals surface area contributed by atoms with E-state index in [0.717, 1.165) is 24.2 Å². The highest BCUT2D eigenvalue weighted by molar-refractivity contribution is 6.30. The Hall–Kier alpha value is -4.42. The Morgan fingerprint density at radius 2 is 1.95 bits per heavy atom. The number of hydrogen-bond donors (Lipinski definition) is 2. The van der Waals surface area contributed by atoms with Crippen molar-refractivity contribution in [3.63, 3.8) is 0 Å². The normalized spacial score (nSPS) is 19.7. The number of halogens is 1. The van der Waals surface area contributed by atoms with Crippen LogP contribution in [0.2, 0.25) is 5.02 Å². The first-order chi connectivity index (χ1) is 17.9. The number of rotatable bonds is 4. The van der Waals surface area contributed by atoms with E-state index in [4.69, 9.17) is 22.3 Å². The highest BCUT2D eigenvalue weighted by atomic mass is 35.5. The summed E-state index contributed by atoms with van der Waals surface area (Å²) in [6.45, 7) is 1.66. The van der Waals surface area contributed by atoms with Crippen molar-refractivity contribution in [2.75, 3.05) is 11.1 Å². The Balaban J connectivity index is 1.35. The molecule has 37 heavy (non-hydrogen) atoms. The molecule has 0 spiro atoms. The fraction of sp³-hybridized carbons (Fsp3) is 0.222. The van der Waals surface area contributed by atoms with Gasteiger partial charge in [-0.1, -0.05) is 29.7 Å². The average molecular weight is 512 g/mol. The monoisotopic (exact) mass is 511 g/mol. The van der Waals surface area contributed by atoms with Crippen LogP contribution >= 0.6 is 11.6 Å². The topological polar surface area (TPSA) is 119 Å². The van der Waals surface area contributed by atoms with Crippen LogP contribution in [-0.2, 0) is 4.79 Å². The van der Waals surface area contributed by atoms with Crippen LogP contribution in [-0.4, -0.2) is 42.1 Å². The lowest BCUT2D eigenvalue weighted by atomic mass is 10.1. The number of anilines is 2.